The maximum atomic E-state index is 11.8. The van der Waals surface area contributed by atoms with Gasteiger partial charge >= 0.3 is 5.82 Å². The summed E-state index contributed by atoms with van der Waals surface area (Å²) in [5.41, 5.74) is 1.31. The monoisotopic (exact) mass is 246 g/mol. The third-order valence-electron chi connectivity index (χ3n) is 2.29. The van der Waals surface area contributed by atoms with Gasteiger partial charge in [-0.1, -0.05) is 12.1 Å². The van der Waals surface area contributed by atoms with E-state index in [0.717, 1.165) is 11.9 Å². The standard InChI is InChI=1S/C11H10N4O3/c1-7-3-2-4-8(5-7)14-11(16)9-10(15(17)18)13-6-12-9/h2-6H,1H3,(H,12,13)(H,14,16). The molecule has 1 aromatic carbocycles. The summed E-state index contributed by atoms with van der Waals surface area (Å²) >= 11 is 0. The summed E-state index contributed by atoms with van der Waals surface area (Å²) in [5, 5.41) is 13.2. The second kappa shape index (κ2) is 4.66. The van der Waals surface area contributed by atoms with Crippen molar-refractivity contribution in [3.63, 3.8) is 0 Å². The first kappa shape index (κ1) is 11.8. The Kier molecular flexibility index (Phi) is 3.05. The van der Waals surface area contributed by atoms with E-state index in [0.29, 0.717) is 5.69 Å². The molecule has 0 aliphatic heterocycles. The number of aromatic nitrogens is 2. The van der Waals surface area contributed by atoms with Gasteiger partial charge in [-0.15, -0.1) is 0 Å². The first-order chi connectivity index (χ1) is 8.58. The molecule has 0 radical (unpaired) electrons. The molecular formula is C11H10N4O3. The van der Waals surface area contributed by atoms with Crippen LogP contribution in [-0.2, 0) is 0 Å². The second-order valence-corrected chi connectivity index (χ2v) is 3.68. The predicted octanol–water partition coefficient (Wildman–Crippen LogP) is 1.88. The number of nitrogens with zero attached hydrogens (tertiary/aromatic N) is 2. The first-order valence-electron chi connectivity index (χ1n) is 5.13. The Morgan fingerprint density at radius 3 is 2.94 bits per heavy atom. The van der Waals surface area contributed by atoms with Crippen molar-refractivity contribution in [3.8, 4) is 0 Å². The number of hydrogen-bond acceptors (Lipinski definition) is 4. The molecule has 0 atom stereocenters. The van der Waals surface area contributed by atoms with Gasteiger partial charge in [-0.2, -0.15) is 0 Å². The van der Waals surface area contributed by atoms with Gasteiger partial charge in [0.05, 0.1) is 0 Å². The lowest BCUT2D eigenvalue weighted by Crippen LogP contribution is -2.14. The third kappa shape index (κ3) is 2.34. The molecule has 0 aliphatic carbocycles. The highest BCUT2D eigenvalue weighted by Gasteiger charge is 2.22. The van der Waals surface area contributed by atoms with Crippen LogP contribution in [0.4, 0.5) is 11.5 Å². The number of carbonyl (C=O) groups excluding carboxylic acids is 1. The van der Waals surface area contributed by atoms with Crippen molar-refractivity contribution in [2.75, 3.05) is 5.32 Å². The number of anilines is 1. The molecule has 0 saturated heterocycles. The lowest BCUT2D eigenvalue weighted by Gasteiger charge is -2.03. The molecule has 2 N–H and O–H groups in total. The summed E-state index contributed by atoms with van der Waals surface area (Å²) in [6, 6.07) is 7.12. The Morgan fingerprint density at radius 1 is 1.50 bits per heavy atom. The molecule has 7 heteroatoms. The molecule has 2 aromatic rings. The minimum atomic E-state index is -0.682. The molecule has 0 saturated carbocycles. The molecule has 0 spiro atoms. The fraction of sp³-hybridized carbons (Fsp3) is 0.0909. The number of amides is 1. The molecule has 18 heavy (non-hydrogen) atoms. The van der Waals surface area contributed by atoms with Crippen LogP contribution in [-0.4, -0.2) is 20.8 Å². The van der Waals surface area contributed by atoms with Crippen molar-refractivity contribution in [1.82, 2.24) is 9.97 Å². The number of benzene rings is 1. The van der Waals surface area contributed by atoms with Crippen LogP contribution in [0.15, 0.2) is 30.6 Å². The fourth-order valence-corrected chi connectivity index (χ4v) is 1.51. The molecule has 0 unspecified atom stereocenters. The van der Waals surface area contributed by atoms with Crippen molar-refractivity contribution in [1.29, 1.82) is 0 Å². The van der Waals surface area contributed by atoms with E-state index in [4.69, 9.17) is 0 Å². The summed E-state index contributed by atoms with van der Waals surface area (Å²) in [5.74, 6) is -1.03. The molecule has 7 nitrogen and oxygen atoms in total. The summed E-state index contributed by atoms with van der Waals surface area (Å²) in [6.07, 6.45) is 1.11. The van der Waals surface area contributed by atoms with Crippen molar-refractivity contribution < 1.29 is 9.72 Å². The SMILES string of the molecule is Cc1cccc(NC(=O)c2nc[nH]c2[N+](=O)[O-])c1. The van der Waals surface area contributed by atoms with Gasteiger partial charge in [0.1, 0.15) is 0 Å². The smallest absolute Gasteiger partial charge is 0.353 e. The van der Waals surface area contributed by atoms with E-state index in [2.05, 4.69) is 15.3 Å². The minimum Gasteiger partial charge on any atom is -0.358 e. The topological polar surface area (TPSA) is 101 Å². The van der Waals surface area contributed by atoms with Gasteiger partial charge < -0.3 is 15.4 Å². The van der Waals surface area contributed by atoms with Crippen molar-refractivity contribution >= 4 is 17.4 Å². The number of rotatable bonds is 3. The number of aryl methyl sites for hydroxylation is 1. The van der Waals surface area contributed by atoms with E-state index in [-0.39, 0.29) is 5.69 Å². The molecule has 0 bridgehead atoms. The number of aromatic amines is 1. The number of nitrogens with one attached hydrogen (secondary N) is 2. The van der Waals surface area contributed by atoms with Crippen LogP contribution in [0.5, 0.6) is 0 Å². The van der Waals surface area contributed by atoms with E-state index in [1.807, 2.05) is 13.0 Å². The zero-order valence-corrected chi connectivity index (χ0v) is 9.51. The summed E-state index contributed by atoms with van der Waals surface area (Å²) in [6.45, 7) is 1.88. The van der Waals surface area contributed by atoms with Crippen molar-refractivity contribution in [2.45, 2.75) is 6.92 Å². The number of nitro groups is 1. The summed E-state index contributed by atoms with van der Waals surface area (Å²) < 4.78 is 0. The molecule has 1 heterocycles. The maximum absolute atomic E-state index is 11.8. The van der Waals surface area contributed by atoms with Crippen LogP contribution in [0.25, 0.3) is 0 Å². The number of H-pyrrole nitrogens is 1. The van der Waals surface area contributed by atoms with Crippen LogP contribution in [0.3, 0.4) is 0 Å². The predicted molar refractivity (Wildman–Crippen MR) is 64.4 cm³/mol. The molecule has 0 fully saturated rings. The van der Waals surface area contributed by atoms with E-state index < -0.39 is 16.6 Å². The van der Waals surface area contributed by atoms with Crippen LogP contribution < -0.4 is 5.32 Å². The first-order valence-corrected chi connectivity index (χ1v) is 5.13. The Labute approximate surface area is 102 Å². The van der Waals surface area contributed by atoms with Crippen LogP contribution in [0, 0.1) is 17.0 Å². The number of imidazole rings is 1. The highest BCUT2D eigenvalue weighted by Crippen LogP contribution is 2.15. The molecule has 2 rings (SSSR count). The van der Waals surface area contributed by atoms with Crippen molar-refractivity contribution in [3.05, 3.63) is 52.0 Å². The Balaban J connectivity index is 2.22. The van der Waals surface area contributed by atoms with Gasteiger partial charge in [0, 0.05) is 5.69 Å². The van der Waals surface area contributed by atoms with Gasteiger partial charge in [0.2, 0.25) is 5.69 Å². The number of hydrogen-bond donors (Lipinski definition) is 2. The van der Waals surface area contributed by atoms with Gasteiger partial charge in [0.15, 0.2) is 6.33 Å². The zero-order chi connectivity index (χ0) is 13.1. The molecule has 92 valence electrons. The molecule has 1 amide bonds. The van der Waals surface area contributed by atoms with Gasteiger partial charge in [-0.25, -0.2) is 9.97 Å². The van der Waals surface area contributed by atoms with Crippen LogP contribution in [0.2, 0.25) is 0 Å². The summed E-state index contributed by atoms with van der Waals surface area (Å²) in [4.78, 5) is 27.7. The quantitative estimate of drug-likeness (QED) is 0.637. The minimum absolute atomic E-state index is 0.235. The Bertz CT molecular complexity index is 606. The van der Waals surface area contributed by atoms with E-state index in [1.54, 1.807) is 18.2 Å². The third-order valence-corrected chi connectivity index (χ3v) is 2.29. The van der Waals surface area contributed by atoms with E-state index in [9.17, 15) is 14.9 Å². The van der Waals surface area contributed by atoms with E-state index >= 15 is 0 Å². The average Bonchev–Trinajstić information content (AvgIpc) is 2.77. The highest BCUT2D eigenvalue weighted by molar-refractivity contribution is 6.05. The van der Waals surface area contributed by atoms with Crippen molar-refractivity contribution in [2.24, 2.45) is 0 Å². The Hall–Kier alpha value is -2.70. The van der Waals surface area contributed by atoms with Gasteiger partial charge in [0.25, 0.3) is 5.91 Å². The van der Waals surface area contributed by atoms with Gasteiger partial charge in [-0.05, 0) is 29.5 Å². The average molecular weight is 246 g/mol. The Morgan fingerprint density at radius 2 is 2.28 bits per heavy atom. The second-order valence-electron chi connectivity index (χ2n) is 3.68. The maximum Gasteiger partial charge on any atom is 0.353 e. The lowest BCUT2D eigenvalue weighted by atomic mass is 10.2. The normalized spacial score (nSPS) is 10.1. The molecule has 0 aliphatic rings. The van der Waals surface area contributed by atoms with Gasteiger partial charge in [-0.3, -0.25) is 4.79 Å². The van der Waals surface area contributed by atoms with Crippen LogP contribution in [0.1, 0.15) is 16.1 Å². The summed E-state index contributed by atoms with van der Waals surface area (Å²) in [7, 11) is 0. The number of carbonyl (C=O) groups is 1. The fourth-order valence-electron chi connectivity index (χ4n) is 1.51. The largest absolute Gasteiger partial charge is 0.358 e. The zero-order valence-electron chi connectivity index (χ0n) is 9.51. The highest BCUT2D eigenvalue weighted by atomic mass is 16.6. The van der Waals surface area contributed by atoms with E-state index in [1.165, 1.54) is 0 Å². The molecule has 1 aromatic heterocycles. The lowest BCUT2D eigenvalue weighted by molar-refractivity contribution is -0.389. The molecular weight excluding hydrogens is 236 g/mol. The van der Waals surface area contributed by atoms with Crippen LogP contribution >= 0.6 is 0 Å².